The van der Waals surface area contributed by atoms with Crippen LogP contribution >= 0.6 is 11.3 Å². The number of hydrogen-bond donors (Lipinski definition) is 1. The van der Waals surface area contributed by atoms with Crippen LogP contribution in [0.15, 0.2) is 48.5 Å². The normalized spacial score (nSPS) is 10.8. The van der Waals surface area contributed by atoms with Crippen molar-refractivity contribution in [1.82, 2.24) is 4.98 Å². The Balaban J connectivity index is 1.69. The fourth-order valence-corrected chi connectivity index (χ4v) is 3.05. The molecule has 3 rings (SSSR count). The lowest BCUT2D eigenvalue weighted by atomic mass is 10.1. The van der Waals surface area contributed by atoms with Gasteiger partial charge in [0.15, 0.2) is 5.13 Å². The van der Waals surface area contributed by atoms with Crippen LogP contribution in [0.4, 0.5) is 10.8 Å². The highest BCUT2D eigenvalue weighted by Gasteiger charge is 2.07. The molecule has 4 heteroatoms. The molecule has 2 N–H and O–H groups in total. The van der Waals surface area contributed by atoms with Crippen LogP contribution in [-0.2, 0) is 6.42 Å². The predicted octanol–water partition coefficient (Wildman–Crippen LogP) is 3.56. The van der Waals surface area contributed by atoms with Gasteiger partial charge in [0, 0.05) is 19.3 Å². The Morgan fingerprint density at radius 1 is 1.10 bits per heavy atom. The lowest BCUT2D eigenvalue weighted by Gasteiger charge is -2.15. The highest BCUT2D eigenvalue weighted by Crippen LogP contribution is 2.27. The van der Waals surface area contributed by atoms with Gasteiger partial charge in [0.1, 0.15) is 0 Å². The summed E-state index contributed by atoms with van der Waals surface area (Å²) in [4.78, 5) is 6.87. The Labute approximate surface area is 122 Å². The summed E-state index contributed by atoms with van der Waals surface area (Å²) in [6, 6.07) is 16.3. The van der Waals surface area contributed by atoms with Crippen LogP contribution in [0.25, 0.3) is 10.2 Å². The highest BCUT2D eigenvalue weighted by molar-refractivity contribution is 7.22. The Morgan fingerprint density at radius 3 is 2.60 bits per heavy atom. The van der Waals surface area contributed by atoms with Crippen LogP contribution in [-0.4, -0.2) is 18.6 Å². The van der Waals surface area contributed by atoms with Crippen molar-refractivity contribution in [3.63, 3.8) is 0 Å². The zero-order valence-electron chi connectivity index (χ0n) is 11.4. The molecule has 2 aromatic carbocycles. The van der Waals surface area contributed by atoms with Crippen LogP contribution in [0.5, 0.6) is 0 Å². The van der Waals surface area contributed by atoms with Crippen molar-refractivity contribution < 1.29 is 0 Å². The summed E-state index contributed by atoms with van der Waals surface area (Å²) < 4.78 is 1.24. The van der Waals surface area contributed by atoms with E-state index in [1.807, 2.05) is 18.2 Å². The number of fused-ring (bicyclic) bond motifs is 1. The maximum atomic E-state index is 5.70. The third-order valence-corrected chi connectivity index (χ3v) is 4.48. The zero-order chi connectivity index (χ0) is 13.9. The van der Waals surface area contributed by atoms with E-state index >= 15 is 0 Å². The number of likely N-dealkylation sites (N-methyl/N-ethyl adjacent to an activating group) is 1. The lowest BCUT2D eigenvalue weighted by Crippen LogP contribution is -2.19. The smallest absolute Gasteiger partial charge is 0.186 e. The molecule has 0 aliphatic rings. The Hall–Kier alpha value is -2.07. The van der Waals surface area contributed by atoms with Gasteiger partial charge >= 0.3 is 0 Å². The third-order valence-electron chi connectivity index (χ3n) is 3.32. The van der Waals surface area contributed by atoms with E-state index < -0.39 is 0 Å². The van der Waals surface area contributed by atoms with Crippen molar-refractivity contribution in [2.24, 2.45) is 0 Å². The molecular weight excluding hydrogens is 266 g/mol. The van der Waals surface area contributed by atoms with Crippen molar-refractivity contribution in [3.8, 4) is 0 Å². The molecular formula is C16H17N3S. The Morgan fingerprint density at radius 2 is 1.85 bits per heavy atom. The van der Waals surface area contributed by atoms with E-state index in [0.717, 1.165) is 29.3 Å². The van der Waals surface area contributed by atoms with E-state index in [9.17, 15) is 0 Å². The molecule has 1 heterocycles. The summed E-state index contributed by atoms with van der Waals surface area (Å²) in [5.41, 5.74) is 8.89. The van der Waals surface area contributed by atoms with Gasteiger partial charge in [-0.2, -0.15) is 0 Å². The van der Waals surface area contributed by atoms with Crippen molar-refractivity contribution in [3.05, 3.63) is 54.1 Å². The topological polar surface area (TPSA) is 42.1 Å². The van der Waals surface area contributed by atoms with Crippen molar-refractivity contribution in [1.29, 1.82) is 0 Å². The molecule has 0 saturated heterocycles. The van der Waals surface area contributed by atoms with Crippen molar-refractivity contribution in [2.45, 2.75) is 6.42 Å². The lowest BCUT2D eigenvalue weighted by molar-refractivity contribution is 0.873. The maximum Gasteiger partial charge on any atom is 0.186 e. The molecule has 0 aliphatic carbocycles. The van der Waals surface area contributed by atoms with E-state index in [4.69, 9.17) is 5.73 Å². The minimum Gasteiger partial charge on any atom is -0.399 e. The summed E-state index contributed by atoms with van der Waals surface area (Å²) in [5.74, 6) is 0. The number of anilines is 2. The number of nitrogens with zero attached hydrogens (tertiary/aromatic N) is 2. The quantitative estimate of drug-likeness (QED) is 0.744. The summed E-state index contributed by atoms with van der Waals surface area (Å²) >= 11 is 1.74. The van der Waals surface area contributed by atoms with Crippen LogP contribution in [0.1, 0.15) is 5.56 Å². The molecule has 3 aromatic rings. The van der Waals surface area contributed by atoms with Gasteiger partial charge < -0.3 is 10.6 Å². The predicted molar refractivity (Wildman–Crippen MR) is 87.4 cm³/mol. The molecule has 0 fully saturated rings. The zero-order valence-corrected chi connectivity index (χ0v) is 12.2. The minimum absolute atomic E-state index is 0.813. The molecule has 0 bridgehead atoms. The molecule has 20 heavy (non-hydrogen) atoms. The van der Waals surface area contributed by atoms with Crippen LogP contribution < -0.4 is 10.6 Å². The van der Waals surface area contributed by atoms with E-state index in [-0.39, 0.29) is 0 Å². The Bertz CT molecular complexity index is 670. The first kappa shape index (κ1) is 12.9. The molecule has 0 spiro atoms. The van der Waals surface area contributed by atoms with Crippen LogP contribution in [0, 0.1) is 0 Å². The van der Waals surface area contributed by atoms with Crippen molar-refractivity contribution >= 4 is 32.4 Å². The molecule has 0 unspecified atom stereocenters. The summed E-state index contributed by atoms with van der Waals surface area (Å²) in [5, 5.41) is 1.07. The van der Waals surface area contributed by atoms with Crippen LogP contribution in [0.2, 0.25) is 0 Å². The van der Waals surface area contributed by atoms with E-state index in [1.54, 1.807) is 11.3 Å². The molecule has 0 saturated carbocycles. The van der Waals surface area contributed by atoms with Crippen LogP contribution in [0.3, 0.4) is 0 Å². The number of benzene rings is 2. The van der Waals surface area contributed by atoms with E-state index in [1.165, 1.54) is 10.3 Å². The standard InChI is InChI=1S/C16H17N3S/c1-19(11-10-12-6-8-13(17)9-7-12)16-18-14-4-2-3-5-15(14)20-16/h2-9H,10-11,17H2,1H3. The maximum absolute atomic E-state index is 5.70. The van der Waals surface area contributed by atoms with E-state index in [2.05, 4.69) is 47.3 Å². The summed E-state index contributed by atoms with van der Waals surface area (Å²) in [6.07, 6.45) is 0.993. The number of aromatic nitrogens is 1. The first-order valence-electron chi connectivity index (χ1n) is 6.63. The molecule has 0 amide bonds. The van der Waals surface area contributed by atoms with Gasteiger partial charge in [-0.1, -0.05) is 35.6 Å². The monoisotopic (exact) mass is 283 g/mol. The number of nitrogen functional groups attached to an aromatic ring is 1. The second-order valence-corrected chi connectivity index (χ2v) is 5.89. The minimum atomic E-state index is 0.813. The molecule has 0 aliphatic heterocycles. The number of nitrogens with two attached hydrogens (primary N) is 1. The second kappa shape index (κ2) is 5.51. The van der Waals surface area contributed by atoms with Gasteiger partial charge in [-0.3, -0.25) is 0 Å². The molecule has 0 radical (unpaired) electrons. The number of rotatable bonds is 4. The largest absolute Gasteiger partial charge is 0.399 e. The average molecular weight is 283 g/mol. The number of hydrogen-bond acceptors (Lipinski definition) is 4. The Kier molecular flexibility index (Phi) is 3.56. The molecule has 102 valence electrons. The van der Waals surface area contributed by atoms with Gasteiger partial charge in [-0.05, 0) is 36.2 Å². The van der Waals surface area contributed by atoms with Gasteiger partial charge in [0.2, 0.25) is 0 Å². The molecule has 0 atom stereocenters. The van der Waals surface area contributed by atoms with Gasteiger partial charge in [0.25, 0.3) is 0 Å². The van der Waals surface area contributed by atoms with E-state index in [0.29, 0.717) is 0 Å². The third kappa shape index (κ3) is 2.75. The summed E-state index contributed by atoms with van der Waals surface area (Å²) in [6.45, 7) is 0.948. The fraction of sp³-hybridized carbons (Fsp3) is 0.188. The first-order valence-corrected chi connectivity index (χ1v) is 7.45. The van der Waals surface area contributed by atoms with Gasteiger partial charge in [-0.25, -0.2) is 4.98 Å². The fourth-order valence-electron chi connectivity index (χ4n) is 2.10. The number of para-hydroxylation sites is 1. The summed E-state index contributed by atoms with van der Waals surface area (Å²) in [7, 11) is 2.09. The highest BCUT2D eigenvalue weighted by atomic mass is 32.1. The molecule has 1 aromatic heterocycles. The first-order chi connectivity index (χ1) is 9.72. The van der Waals surface area contributed by atoms with Gasteiger partial charge in [0.05, 0.1) is 10.2 Å². The van der Waals surface area contributed by atoms with Crippen molar-refractivity contribution in [2.75, 3.05) is 24.2 Å². The SMILES string of the molecule is CN(CCc1ccc(N)cc1)c1nc2ccccc2s1. The van der Waals surface area contributed by atoms with Gasteiger partial charge in [-0.15, -0.1) is 0 Å². The average Bonchev–Trinajstić information content (AvgIpc) is 2.90. The second-order valence-electron chi connectivity index (χ2n) is 4.88. The number of thiazole rings is 1. The molecule has 3 nitrogen and oxygen atoms in total.